The van der Waals surface area contributed by atoms with Crippen molar-refractivity contribution in [3.05, 3.63) is 78.2 Å². The molecule has 4 aromatic rings. The summed E-state index contributed by atoms with van der Waals surface area (Å²) in [5, 5.41) is 11.2. The number of rotatable bonds is 6. The van der Waals surface area contributed by atoms with E-state index in [0.717, 1.165) is 24.0 Å². The molecule has 0 bridgehead atoms. The van der Waals surface area contributed by atoms with Crippen LogP contribution in [0.2, 0.25) is 0 Å². The smallest absolute Gasteiger partial charge is 0.310 e. The summed E-state index contributed by atoms with van der Waals surface area (Å²) in [7, 11) is 0. The molecule has 3 aromatic heterocycles. The van der Waals surface area contributed by atoms with E-state index in [0.29, 0.717) is 32.8 Å². The maximum Gasteiger partial charge on any atom is 0.417 e. The number of halogens is 3. The van der Waals surface area contributed by atoms with Crippen LogP contribution in [-0.2, 0) is 6.18 Å². The molecule has 11 heteroatoms. The Labute approximate surface area is 197 Å². The number of carbonyl (C=O) groups excluding carboxylic acids is 1. The number of anilines is 1. The quantitative estimate of drug-likeness (QED) is 0.376. The van der Waals surface area contributed by atoms with Crippen molar-refractivity contribution in [3.63, 3.8) is 0 Å². The van der Waals surface area contributed by atoms with E-state index in [9.17, 15) is 18.0 Å². The molecule has 0 aliphatic rings. The highest BCUT2D eigenvalue weighted by Crippen LogP contribution is 2.32. The third kappa shape index (κ3) is 5.42. The summed E-state index contributed by atoms with van der Waals surface area (Å²) in [6, 6.07) is 14.3. The number of alkyl halides is 3. The summed E-state index contributed by atoms with van der Waals surface area (Å²) < 4.78 is 40.0. The molecule has 1 aromatic carbocycles. The maximum absolute atomic E-state index is 12.8. The van der Waals surface area contributed by atoms with Gasteiger partial charge in [0.25, 0.3) is 5.91 Å². The van der Waals surface area contributed by atoms with E-state index >= 15 is 0 Å². The molecule has 0 aliphatic heterocycles. The lowest BCUT2D eigenvalue weighted by Crippen LogP contribution is -2.13. The van der Waals surface area contributed by atoms with Crippen molar-refractivity contribution in [2.75, 3.05) is 5.32 Å². The Hall–Kier alpha value is -3.73. The highest BCUT2D eigenvalue weighted by atomic mass is 32.2. The van der Waals surface area contributed by atoms with Crippen LogP contribution >= 0.6 is 11.8 Å². The van der Waals surface area contributed by atoms with Crippen LogP contribution in [0.25, 0.3) is 11.5 Å². The Balaban J connectivity index is 1.48. The number of nitrogens with one attached hydrogen (secondary N) is 1. The Morgan fingerprint density at radius 2 is 1.88 bits per heavy atom. The van der Waals surface area contributed by atoms with E-state index in [1.54, 1.807) is 48.8 Å². The molecular formula is C23H19F3N6OS. The molecule has 174 valence electrons. The van der Waals surface area contributed by atoms with Crippen molar-refractivity contribution < 1.29 is 18.0 Å². The first kappa shape index (κ1) is 23.4. The molecule has 0 saturated carbocycles. The van der Waals surface area contributed by atoms with Gasteiger partial charge in [0.2, 0.25) is 0 Å². The number of hydrogen-bond donors (Lipinski definition) is 1. The number of carbonyl (C=O) groups is 1. The van der Waals surface area contributed by atoms with Gasteiger partial charge >= 0.3 is 6.18 Å². The molecule has 4 rings (SSSR count). The molecule has 0 unspecified atom stereocenters. The molecule has 34 heavy (non-hydrogen) atoms. The average molecular weight is 485 g/mol. The van der Waals surface area contributed by atoms with Gasteiger partial charge in [-0.1, -0.05) is 23.9 Å². The minimum Gasteiger partial charge on any atom is -0.310 e. The lowest BCUT2D eigenvalue weighted by atomic mass is 10.2. The van der Waals surface area contributed by atoms with Crippen LogP contribution in [0.4, 0.5) is 19.0 Å². The largest absolute Gasteiger partial charge is 0.417 e. The number of pyridine rings is 2. The van der Waals surface area contributed by atoms with Crippen molar-refractivity contribution in [3.8, 4) is 11.5 Å². The average Bonchev–Trinajstić information content (AvgIpc) is 3.30. The van der Waals surface area contributed by atoms with Gasteiger partial charge < -0.3 is 9.88 Å². The Morgan fingerprint density at radius 3 is 2.59 bits per heavy atom. The molecule has 1 N–H and O–H groups in total. The number of nitrogens with zero attached hydrogens (tertiary/aromatic N) is 5. The van der Waals surface area contributed by atoms with Gasteiger partial charge in [0, 0.05) is 22.7 Å². The van der Waals surface area contributed by atoms with Crippen LogP contribution < -0.4 is 5.32 Å². The number of aromatic nitrogens is 5. The summed E-state index contributed by atoms with van der Waals surface area (Å²) in [5.74, 6) is 0.564. The van der Waals surface area contributed by atoms with E-state index in [4.69, 9.17) is 0 Å². The van der Waals surface area contributed by atoms with Crippen molar-refractivity contribution in [2.45, 2.75) is 36.0 Å². The van der Waals surface area contributed by atoms with Gasteiger partial charge in [-0.05, 0) is 56.3 Å². The predicted molar refractivity (Wildman–Crippen MR) is 121 cm³/mol. The second kappa shape index (κ2) is 9.64. The van der Waals surface area contributed by atoms with Gasteiger partial charge in [-0.15, -0.1) is 10.2 Å². The topological polar surface area (TPSA) is 85.6 Å². The predicted octanol–water partition coefficient (Wildman–Crippen LogP) is 5.74. The minimum absolute atomic E-state index is 0.143. The standard InChI is InChI=1S/C23H19F3N6OS/c1-14(2)32-13-28-31-21(32)18-7-4-8-19(29-18)30-22(33)15-5-3-6-17(11-15)34-20-10-9-16(12-27-20)23(24,25)26/h3-14H,1-2H3,(H,29,30,33). The molecule has 0 saturated heterocycles. The fraction of sp³-hybridized carbons (Fsp3) is 0.174. The zero-order valence-electron chi connectivity index (χ0n) is 18.1. The summed E-state index contributed by atoms with van der Waals surface area (Å²) >= 11 is 1.16. The van der Waals surface area contributed by atoms with Gasteiger partial charge in [0.1, 0.15) is 22.9 Å². The van der Waals surface area contributed by atoms with Gasteiger partial charge in [-0.25, -0.2) is 9.97 Å². The molecule has 7 nitrogen and oxygen atoms in total. The van der Waals surface area contributed by atoms with Crippen LogP contribution in [0.15, 0.2) is 77.0 Å². The summed E-state index contributed by atoms with van der Waals surface area (Å²) in [6.45, 7) is 4.01. The van der Waals surface area contributed by atoms with Crippen LogP contribution in [-0.4, -0.2) is 30.6 Å². The van der Waals surface area contributed by atoms with Crippen LogP contribution in [0.5, 0.6) is 0 Å². The van der Waals surface area contributed by atoms with Crippen molar-refractivity contribution >= 4 is 23.5 Å². The van der Waals surface area contributed by atoms with Gasteiger partial charge in [-0.3, -0.25) is 4.79 Å². The van der Waals surface area contributed by atoms with E-state index in [2.05, 4.69) is 25.5 Å². The summed E-state index contributed by atoms with van der Waals surface area (Å²) in [4.78, 5) is 21.8. The molecule has 0 fully saturated rings. The monoisotopic (exact) mass is 484 g/mol. The normalized spacial score (nSPS) is 11.6. The second-order valence-electron chi connectivity index (χ2n) is 7.53. The first-order chi connectivity index (χ1) is 16.2. The first-order valence-corrected chi connectivity index (χ1v) is 11.0. The molecule has 1 amide bonds. The van der Waals surface area contributed by atoms with Crippen molar-refractivity contribution in [1.29, 1.82) is 0 Å². The summed E-state index contributed by atoms with van der Waals surface area (Å²) in [6.07, 6.45) is -2.02. The first-order valence-electron chi connectivity index (χ1n) is 10.2. The van der Waals surface area contributed by atoms with Crippen molar-refractivity contribution in [1.82, 2.24) is 24.7 Å². The highest BCUT2D eigenvalue weighted by Gasteiger charge is 2.30. The summed E-state index contributed by atoms with van der Waals surface area (Å²) in [5.41, 5.74) is 0.127. The lowest BCUT2D eigenvalue weighted by molar-refractivity contribution is -0.137. The lowest BCUT2D eigenvalue weighted by Gasteiger charge is -2.11. The van der Waals surface area contributed by atoms with E-state index < -0.39 is 11.7 Å². The third-order valence-corrected chi connectivity index (χ3v) is 5.67. The number of benzene rings is 1. The van der Waals surface area contributed by atoms with Gasteiger partial charge in [-0.2, -0.15) is 13.2 Å². The van der Waals surface area contributed by atoms with Crippen LogP contribution in [0, 0.1) is 0 Å². The Bertz CT molecular complexity index is 1300. The molecular weight excluding hydrogens is 465 g/mol. The van der Waals surface area contributed by atoms with E-state index in [1.807, 2.05) is 18.4 Å². The Morgan fingerprint density at radius 1 is 1.09 bits per heavy atom. The van der Waals surface area contributed by atoms with Crippen molar-refractivity contribution in [2.24, 2.45) is 0 Å². The Kier molecular flexibility index (Phi) is 6.64. The SMILES string of the molecule is CC(C)n1cnnc1-c1cccc(NC(=O)c2cccc(Sc3ccc(C(F)(F)F)cn3)c2)n1. The molecule has 0 radical (unpaired) electrons. The molecule has 3 heterocycles. The zero-order valence-corrected chi connectivity index (χ0v) is 18.9. The highest BCUT2D eigenvalue weighted by molar-refractivity contribution is 7.99. The van der Waals surface area contributed by atoms with E-state index in [-0.39, 0.29) is 11.9 Å². The molecule has 0 atom stereocenters. The zero-order chi connectivity index (χ0) is 24.3. The number of amides is 1. The molecule has 0 aliphatic carbocycles. The van der Waals surface area contributed by atoms with Gasteiger partial charge in [0.05, 0.1) is 5.56 Å². The fourth-order valence-corrected chi connectivity index (χ4v) is 3.87. The number of hydrogen-bond acceptors (Lipinski definition) is 6. The minimum atomic E-state index is -4.44. The fourth-order valence-electron chi connectivity index (χ4n) is 3.05. The molecule has 0 spiro atoms. The second-order valence-corrected chi connectivity index (χ2v) is 8.62. The van der Waals surface area contributed by atoms with E-state index in [1.165, 1.54) is 6.07 Å². The third-order valence-electron chi connectivity index (χ3n) is 4.73. The maximum atomic E-state index is 12.8. The van der Waals surface area contributed by atoms with Crippen LogP contribution in [0.1, 0.15) is 35.8 Å². The van der Waals surface area contributed by atoms with Gasteiger partial charge in [0.15, 0.2) is 5.82 Å². The van der Waals surface area contributed by atoms with Crippen LogP contribution in [0.3, 0.4) is 0 Å².